The molecule has 1 aromatic rings. The van der Waals surface area contributed by atoms with Gasteiger partial charge in [0.15, 0.2) is 0 Å². The summed E-state index contributed by atoms with van der Waals surface area (Å²) in [5, 5.41) is 6.40. The topological polar surface area (TPSA) is 24.1 Å². The first-order valence-electron chi connectivity index (χ1n) is 6.22. The molecule has 0 radical (unpaired) electrons. The van der Waals surface area contributed by atoms with Gasteiger partial charge in [-0.2, -0.15) is 0 Å². The third kappa shape index (κ3) is 4.33. The maximum atomic E-state index is 3.32. The van der Waals surface area contributed by atoms with E-state index in [0.29, 0.717) is 5.92 Å². The molecule has 0 aliphatic heterocycles. The third-order valence-corrected chi connectivity index (χ3v) is 3.05. The Morgan fingerprint density at radius 1 is 1.19 bits per heavy atom. The molecule has 90 valence electrons. The molecule has 1 unspecified atom stereocenters. The summed E-state index contributed by atoms with van der Waals surface area (Å²) >= 11 is 0. The lowest BCUT2D eigenvalue weighted by Crippen LogP contribution is -2.27. The van der Waals surface area contributed by atoms with E-state index < -0.39 is 0 Å². The first kappa shape index (κ1) is 13.2. The molecule has 16 heavy (non-hydrogen) atoms. The lowest BCUT2D eigenvalue weighted by Gasteiger charge is -2.10. The highest BCUT2D eigenvalue weighted by Crippen LogP contribution is 2.18. The van der Waals surface area contributed by atoms with E-state index in [1.54, 1.807) is 0 Å². The van der Waals surface area contributed by atoms with Gasteiger partial charge in [0.2, 0.25) is 0 Å². The van der Waals surface area contributed by atoms with Gasteiger partial charge in [0, 0.05) is 13.2 Å². The molecule has 0 heterocycles. The molecule has 0 aliphatic carbocycles. The first-order valence-corrected chi connectivity index (χ1v) is 6.22. The Hall–Kier alpha value is -0.860. The SMILES string of the molecule is CCC(C)c1ccc(CCNCNC)cc1. The zero-order valence-electron chi connectivity index (χ0n) is 10.7. The molecule has 0 bridgehead atoms. The summed E-state index contributed by atoms with van der Waals surface area (Å²) in [6.45, 7) is 6.43. The summed E-state index contributed by atoms with van der Waals surface area (Å²) in [4.78, 5) is 0. The molecule has 2 nitrogen and oxygen atoms in total. The normalized spacial score (nSPS) is 12.7. The number of hydrogen-bond donors (Lipinski definition) is 2. The molecular formula is C14H24N2. The van der Waals surface area contributed by atoms with Gasteiger partial charge in [-0.1, -0.05) is 38.1 Å². The smallest absolute Gasteiger partial charge is 0.0451 e. The van der Waals surface area contributed by atoms with Gasteiger partial charge in [-0.15, -0.1) is 0 Å². The lowest BCUT2D eigenvalue weighted by molar-refractivity contribution is 0.631. The Bertz CT molecular complexity index is 279. The van der Waals surface area contributed by atoms with E-state index in [0.717, 1.165) is 19.6 Å². The second-order valence-corrected chi connectivity index (χ2v) is 4.33. The summed E-state index contributed by atoms with van der Waals surface area (Å²) < 4.78 is 0. The summed E-state index contributed by atoms with van der Waals surface area (Å²) in [6.07, 6.45) is 2.31. The molecular weight excluding hydrogens is 196 g/mol. The Balaban J connectivity index is 2.39. The van der Waals surface area contributed by atoms with Gasteiger partial charge in [0.1, 0.15) is 0 Å². The minimum Gasteiger partial charge on any atom is -0.308 e. The standard InChI is InChI=1S/C14H24N2/c1-4-12(2)14-7-5-13(6-8-14)9-10-16-11-15-3/h5-8,12,15-16H,4,9-11H2,1-3H3. The minimum absolute atomic E-state index is 0.677. The Morgan fingerprint density at radius 3 is 2.44 bits per heavy atom. The molecule has 1 rings (SSSR count). The molecule has 0 saturated carbocycles. The fourth-order valence-electron chi connectivity index (χ4n) is 1.69. The fraction of sp³-hybridized carbons (Fsp3) is 0.571. The molecule has 0 amide bonds. The van der Waals surface area contributed by atoms with Crippen LogP contribution in [0.1, 0.15) is 37.3 Å². The van der Waals surface area contributed by atoms with E-state index >= 15 is 0 Å². The summed E-state index contributed by atoms with van der Waals surface area (Å²) in [5.74, 6) is 0.677. The fourth-order valence-corrected chi connectivity index (χ4v) is 1.69. The summed E-state index contributed by atoms with van der Waals surface area (Å²) in [5.41, 5.74) is 2.87. The lowest BCUT2D eigenvalue weighted by atomic mass is 9.97. The van der Waals surface area contributed by atoms with Gasteiger partial charge in [-0.05, 0) is 36.9 Å². The van der Waals surface area contributed by atoms with Crippen LogP contribution in [0.2, 0.25) is 0 Å². The van der Waals surface area contributed by atoms with Gasteiger partial charge in [0.05, 0.1) is 0 Å². The van der Waals surface area contributed by atoms with Crippen molar-refractivity contribution in [2.75, 3.05) is 20.3 Å². The van der Waals surface area contributed by atoms with E-state index in [-0.39, 0.29) is 0 Å². The van der Waals surface area contributed by atoms with Crippen molar-refractivity contribution >= 4 is 0 Å². The molecule has 2 N–H and O–H groups in total. The highest BCUT2D eigenvalue weighted by Gasteiger charge is 2.01. The van der Waals surface area contributed by atoms with Crippen LogP contribution in [-0.4, -0.2) is 20.3 Å². The van der Waals surface area contributed by atoms with Crippen LogP contribution in [0.25, 0.3) is 0 Å². The van der Waals surface area contributed by atoms with Crippen LogP contribution in [0.5, 0.6) is 0 Å². The number of nitrogens with one attached hydrogen (secondary N) is 2. The van der Waals surface area contributed by atoms with E-state index in [4.69, 9.17) is 0 Å². The predicted molar refractivity (Wildman–Crippen MR) is 70.8 cm³/mol. The molecule has 1 aromatic carbocycles. The van der Waals surface area contributed by atoms with Gasteiger partial charge in [0.25, 0.3) is 0 Å². The Morgan fingerprint density at radius 2 is 1.88 bits per heavy atom. The number of benzene rings is 1. The van der Waals surface area contributed by atoms with E-state index in [1.165, 1.54) is 17.5 Å². The summed E-state index contributed by atoms with van der Waals surface area (Å²) in [6, 6.07) is 9.04. The molecule has 0 spiro atoms. The van der Waals surface area contributed by atoms with Crippen molar-refractivity contribution in [3.63, 3.8) is 0 Å². The highest BCUT2D eigenvalue weighted by atomic mass is 15.0. The van der Waals surface area contributed by atoms with E-state index in [1.807, 2.05) is 7.05 Å². The predicted octanol–water partition coefficient (Wildman–Crippen LogP) is 2.51. The average Bonchev–Trinajstić information content (AvgIpc) is 2.34. The van der Waals surface area contributed by atoms with E-state index in [2.05, 4.69) is 48.7 Å². The van der Waals surface area contributed by atoms with Crippen LogP contribution in [0.15, 0.2) is 24.3 Å². The van der Waals surface area contributed by atoms with Gasteiger partial charge in [-0.3, -0.25) is 0 Å². The van der Waals surface area contributed by atoms with Crippen LogP contribution in [0.4, 0.5) is 0 Å². The maximum absolute atomic E-state index is 3.32. The average molecular weight is 220 g/mol. The maximum Gasteiger partial charge on any atom is 0.0451 e. The van der Waals surface area contributed by atoms with Crippen LogP contribution < -0.4 is 10.6 Å². The van der Waals surface area contributed by atoms with Gasteiger partial charge < -0.3 is 10.6 Å². The van der Waals surface area contributed by atoms with Gasteiger partial charge >= 0.3 is 0 Å². The second-order valence-electron chi connectivity index (χ2n) is 4.33. The third-order valence-electron chi connectivity index (χ3n) is 3.05. The molecule has 2 heteroatoms. The van der Waals surface area contributed by atoms with Crippen molar-refractivity contribution in [3.05, 3.63) is 35.4 Å². The minimum atomic E-state index is 0.677. The van der Waals surface area contributed by atoms with Crippen molar-refractivity contribution < 1.29 is 0 Å². The Labute approximate surface area is 99.5 Å². The van der Waals surface area contributed by atoms with Gasteiger partial charge in [-0.25, -0.2) is 0 Å². The highest BCUT2D eigenvalue weighted by molar-refractivity contribution is 5.25. The number of hydrogen-bond acceptors (Lipinski definition) is 2. The van der Waals surface area contributed by atoms with E-state index in [9.17, 15) is 0 Å². The quantitative estimate of drug-likeness (QED) is 0.545. The van der Waals surface area contributed by atoms with Crippen molar-refractivity contribution in [2.24, 2.45) is 0 Å². The molecule has 1 atom stereocenters. The first-order chi connectivity index (χ1) is 7.77. The second kappa shape index (κ2) is 7.42. The van der Waals surface area contributed by atoms with Crippen LogP contribution in [0, 0.1) is 0 Å². The molecule has 0 saturated heterocycles. The van der Waals surface area contributed by atoms with Crippen LogP contribution >= 0.6 is 0 Å². The van der Waals surface area contributed by atoms with Crippen molar-refractivity contribution in [2.45, 2.75) is 32.6 Å². The summed E-state index contributed by atoms with van der Waals surface area (Å²) in [7, 11) is 1.95. The number of rotatable bonds is 7. The van der Waals surface area contributed by atoms with Crippen molar-refractivity contribution in [1.29, 1.82) is 0 Å². The molecule has 0 fully saturated rings. The Kier molecular flexibility index (Phi) is 6.12. The molecule has 0 aromatic heterocycles. The zero-order valence-corrected chi connectivity index (χ0v) is 10.7. The zero-order chi connectivity index (χ0) is 11.8. The van der Waals surface area contributed by atoms with Crippen LogP contribution in [0.3, 0.4) is 0 Å². The van der Waals surface area contributed by atoms with Crippen molar-refractivity contribution in [3.8, 4) is 0 Å². The molecule has 0 aliphatic rings. The van der Waals surface area contributed by atoms with Crippen molar-refractivity contribution in [1.82, 2.24) is 10.6 Å². The monoisotopic (exact) mass is 220 g/mol. The van der Waals surface area contributed by atoms with Crippen LogP contribution in [-0.2, 0) is 6.42 Å². The largest absolute Gasteiger partial charge is 0.308 e.